The first-order chi connectivity index (χ1) is 21.7. The monoisotopic (exact) mass is 651 g/mol. The first kappa shape index (κ1) is 39.3. The van der Waals surface area contributed by atoms with Gasteiger partial charge in [0.2, 0.25) is 11.8 Å². The highest BCUT2D eigenvalue weighted by atomic mass is 16.6. The van der Waals surface area contributed by atoms with E-state index in [1.165, 1.54) is 4.90 Å². The smallest absolute Gasteiger partial charge is 0.408 e. The van der Waals surface area contributed by atoms with Crippen LogP contribution in [0.3, 0.4) is 0 Å². The summed E-state index contributed by atoms with van der Waals surface area (Å²) < 4.78 is 11.3. The highest BCUT2D eigenvalue weighted by molar-refractivity contribution is 5.94. The number of rotatable bonds is 12. The van der Waals surface area contributed by atoms with Crippen molar-refractivity contribution in [1.82, 2.24) is 15.5 Å². The molecule has 0 saturated carbocycles. The molecule has 0 spiro atoms. The maximum atomic E-state index is 14.7. The number of alkyl carbamates (subject to hydrolysis) is 1. The van der Waals surface area contributed by atoms with Crippen molar-refractivity contribution >= 4 is 23.9 Å². The number of esters is 1. The lowest BCUT2D eigenvalue weighted by Crippen LogP contribution is -2.61. The van der Waals surface area contributed by atoms with Crippen molar-refractivity contribution in [3.05, 3.63) is 71.3 Å². The van der Waals surface area contributed by atoms with Crippen molar-refractivity contribution < 1.29 is 28.7 Å². The van der Waals surface area contributed by atoms with Crippen molar-refractivity contribution in [1.29, 1.82) is 0 Å². The first-order valence-corrected chi connectivity index (χ1v) is 16.7. The lowest BCUT2D eigenvalue weighted by molar-refractivity contribution is -0.159. The van der Waals surface area contributed by atoms with Crippen molar-refractivity contribution in [2.24, 2.45) is 5.92 Å². The van der Waals surface area contributed by atoms with E-state index in [9.17, 15) is 19.2 Å². The lowest BCUT2D eigenvalue weighted by Gasteiger charge is -2.44. The maximum Gasteiger partial charge on any atom is 0.408 e. The third kappa shape index (κ3) is 12.3. The molecule has 0 aliphatic rings. The number of aryl methyl sites for hydroxylation is 1. The number of ether oxygens (including phenoxy) is 2. The summed E-state index contributed by atoms with van der Waals surface area (Å²) in [7, 11) is 0. The molecule has 0 aliphatic carbocycles. The Morgan fingerprint density at radius 3 is 1.77 bits per heavy atom. The van der Waals surface area contributed by atoms with Gasteiger partial charge in [-0.25, -0.2) is 9.59 Å². The van der Waals surface area contributed by atoms with Gasteiger partial charge < -0.3 is 25.0 Å². The Kier molecular flexibility index (Phi) is 13.6. The van der Waals surface area contributed by atoms with Gasteiger partial charge in [-0.1, -0.05) is 81.8 Å². The fourth-order valence-corrected chi connectivity index (χ4v) is 5.13. The molecule has 0 fully saturated rings. The van der Waals surface area contributed by atoms with E-state index in [4.69, 9.17) is 9.47 Å². The second-order valence-electron chi connectivity index (χ2n) is 15.2. The van der Waals surface area contributed by atoms with E-state index in [0.29, 0.717) is 12.0 Å². The van der Waals surface area contributed by atoms with E-state index in [2.05, 4.69) is 10.6 Å². The normalized spacial score (nSPS) is 14.6. The van der Waals surface area contributed by atoms with Gasteiger partial charge >= 0.3 is 12.1 Å². The number of carbonyl (C=O) groups is 4. The predicted octanol–water partition coefficient (Wildman–Crippen LogP) is 6.93. The molecule has 2 aromatic carbocycles. The number of nitrogens with one attached hydrogen (secondary N) is 2. The van der Waals surface area contributed by atoms with Gasteiger partial charge in [-0.2, -0.15) is 0 Å². The molecule has 2 N–H and O–H groups in total. The van der Waals surface area contributed by atoms with Crippen LogP contribution in [0.2, 0.25) is 0 Å². The Labute approximate surface area is 282 Å². The molecule has 0 heterocycles. The summed E-state index contributed by atoms with van der Waals surface area (Å²) in [5, 5.41) is 5.76. The minimum Gasteiger partial charge on any atom is -0.458 e. The summed E-state index contributed by atoms with van der Waals surface area (Å²) in [6.07, 6.45) is 0.866. The van der Waals surface area contributed by atoms with Gasteiger partial charge in [0.15, 0.2) is 0 Å². The molecule has 0 saturated heterocycles. The fourth-order valence-electron chi connectivity index (χ4n) is 5.13. The van der Waals surface area contributed by atoms with Crippen LogP contribution < -0.4 is 10.6 Å². The third-order valence-corrected chi connectivity index (χ3v) is 7.61. The SMILES string of the molecule is CCc1ccc(C(C(=O)NC(Cc2ccccc2)C(=O)OC(C)(C)C)N(C(=O)C(NC(=O)OC(C)(C)C)C(C)CC)C(C)(C)C)cc1. The van der Waals surface area contributed by atoms with Gasteiger partial charge in [0.25, 0.3) is 0 Å². The van der Waals surface area contributed by atoms with Crippen LogP contribution in [0, 0.1) is 5.92 Å². The van der Waals surface area contributed by atoms with Crippen molar-refractivity contribution in [3.8, 4) is 0 Å². The van der Waals surface area contributed by atoms with Crippen LogP contribution in [0.25, 0.3) is 0 Å². The van der Waals surface area contributed by atoms with Crippen LogP contribution in [0.4, 0.5) is 4.79 Å². The van der Waals surface area contributed by atoms with Gasteiger partial charge in [-0.15, -0.1) is 0 Å². The van der Waals surface area contributed by atoms with Gasteiger partial charge in [0.05, 0.1) is 0 Å². The van der Waals surface area contributed by atoms with Gasteiger partial charge in [-0.3, -0.25) is 9.59 Å². The maximum absolute atomic E-state index is 14.7. The van der Waals surface area contributed by atoms with Crippen LogP contribution in [0.15, 0.2) is 54.6 Å². The number of nitrogens with zero attached hydrogens (tertiary/aromatic N) is 1. The molecule has 260 valence electrons. The van der Waals surface area contributed by atoms with E-state index in [0.717, 1.165) is 17.5 Å². The Balaban J connectivity index is 2.69. The molecular weight excluding hydrogens is 594 g/mol. The van der Waals surface area contributed by atoms with Crippen molar-refractivity contribution in [2.75, 3.05) is 0 Å². The topological polar surface area (TPSA) is 114 Å². The standard InChI is InChI=1S/C38H57N3O6/c1-13-25(3)30(40-35(45)47-38(10,11)12)33(43)41(36(4,5)6)31(28-22-20-26(14-2)21-23-28)32(42)39-29(34(44)46-37(7,8)9)24-27-18-16-15-17-19-27/h15-23,25,29-31H,13-14,24H2,1-12H3,(H,39,42)(H,40,45). The van der Waals surface area contributed by atoms with E-state index in [-0.39, 0.29) is 12.3 Å². The number of amides is 3. The molecule has 3 amide bonds. The highest BCUT2D eigenvalue weighted by Crippen LogP contribution is 2.32. The van der Waals surface area contributed by atoms with Crippen LogP contribution in [-0.2, 0) is 36.7 Å². The molecule has 2 aromatic rings. The Morgan fingerprint density at radius 1 is 0.745 bits per heavy atom. The lowest BCUT2D eigenvalue weighted by atomic mass is 9.91. The summed E-state index contributed by atoms with van der Waals surface area (Å²) in [5.41, 5.74) is 0.0540. The van der Waals surface area contributed by atoms with Crippen LogP contribution in [-0.4, -0.2) is 57.6 Å². The van der Waals surface area contributed by atoms with Gasteiger partial charge in [-0.05, 0) is 91.3 Å². The molecular formula is C38H57N3O6. The molecule has 2 rings (SSSR count). The number of hydrogen-bond donors (Lipinski definition) is 2. The molecule has 9 nitrogen and oxygen atoms in total. The minimum atomic E-state index is -1.14. The molecule has 47 heavy (non-hydrogen) atoms. The molecule has 4 atom stereocenters. The largest absolute Gasteiger partial charge is 0.458 e. The summed E-state index contributed by atoms with van der Waals surface area (Å²) in [4.78, 5) is 57.4. The highest BCUT2D eigenvalue weighted by Gasteiger charge is 2.44. The Bertz CT molecular complexity index is 1340. The van der Waals surface area contributed by atoms with E-state index in [1.807, 2.05) is 96.1 Å². The fraction of sp³-hybridized carbons (Fsp3) is 0.579. The molecule has 9 heteroatoms. The summed E-state index contributed by atoms with van der Waals surface area (Å²) in [6, 6.07) is 13.8. The summed E-state index contributed by atoms with van der Waals surface area (Å²) >= 11 is 0. The van der Waals surface area contributed by atoms with Crippen molar-refractivity contribution in [3.63, 3.8) is 0 Å². The molecule has 4 unspecified atom stereocenters. The van der Waals surface area contributed by atoms with E-state index < -0.39 is 58.7 Å². The van der Waals surface area contributed by atoms with Crippen LogP contribution >= 0.6 is 0 Å². The second-order valence-corrected chi connectivity index (χ2v) is 15.2. The first-order valence-electron chi connectivity index (χ1n) is 16.7. The van der Waals surface area contributed by atoms with Gasteiger partial charge in [0, 0.05) is 12.0 Å². The molecule has 0 aliphatic heterocycles. The molecule has 0 aromatic heterocycles. The van der Waals surface area contributed by atoms with Crippen molar-refractivity contribution in [2.45, 2.75) is 137 Å². The van der Waals surface area contributed by atoms with Gasteiger partial charge in [0.1, 0.15) is 29.3 Å². The molecule has 0 radical (unpaired) electrons. The number of benzene rings is 2. The minimum absolute atomic E-state index is 0.197. The molecule has 0 bridgehead atoms. The Hall–Kier alpha value is -3.88. The second kappa shape index (κ2) is 16.3. The Morgan fingerprint density at radius 2 is 1.30 bits per heavy atom. The zero-order valence-corrected chi connectivity index (χ0v) is 30.5. The van der Waals surface area contributed by atoms with Crippen LogP contribution in [0.1, 0.15) is 112 Å². The average molecular weight is 652 g/mol. The predicted molar refractivity (Wildman–Crippen MR) is 186 cm³/mol. The summed E-state index contributed by atoms with van der Waals surface area (Å²) in [6.45, 7) is 22.0. The number of carbonyl (C=O) groups excluding carboxylic acids is 4. The zero-order valence-electron chi connectivity index (χ0n) is 30.5. The quantitative estimate of drug-likeness (QED) is 0.241. The average Bonchev–Trinajstić information content (AvgIpc) is 2.95. The zero-order chi connectivity index (χ0) is 35.7. The van der Waals surface area contributed by atoms with Crippen LogP contribution in [0.5, 0.6) is 0 Å². The third-order valence-electron chi connectivity index (χ3n) is 7.61. The summed E-state index contributed by atoms with van der Waals surface area (Å²) in [5.74, 6) is -1.83. The van der Waals surface area contributed by atoms with E-state index >= 15 is 0 Å². The van der Waals surface area contributed by atoms with E-state index in [1.54, 1.807) is 41.5 Å². The number of hydrogen-bond acceptors (Lipinski definition) is 6.